The van der Waals surface area contributed by atoms with Crippen molar-refractivity contribution in [3.8, 4) is 0 Å². The van der Waals surface area contributed by atoms with Crippen LogP contribution in [-0.2, 0) is 4.79 Å². The molecule has 1 N–H and O–H groups in total. The zero-order valence-corrected chi connectivity index (χ0v) is 8.39. The lowest BCUT2D eigenvalue weighted by molar-refractivity contribution is -0.117. The molecule has 2 nitrogen and oxygen atoms in total. The van der Waals surface area contributed by atoms with Gasteiger partial charge >= 0.3 is 0 Å². The third-order valence-electron chi connectivity index (χ3n) is 3.15. The molecule has 0 radical (unpaired) electrons. The molecule has 1 fully saturated rings. The van der Waals surface area contributed by atoms with Crippen molar-refractivity contribution in [2.75, 3.05) is 0 Å². The van der Waals surface area contributed by atoms with Crippen molar-refractivity contribution >= 4 is 5.91 Å². The molecule has 2 aliphatic rings. The van der Waals surface area contributed by atoms with Gasteiger partial charge in [0.1, 0.15) is 0 Å². The van der Waals surface area contributed by atoms with Crippen LogP contribution in [-0.4, -0.2) is 11.9 Å². The summed E-state index contributed by atoms with van der Waals surface area (Å²) in [4.78, 5) is 11.6. The first-order valence-electron chi connectivity index (χ1n) is 5.09. The number of hydrogen-bond acceptors (Lipinski definition) is 1. The van der Waals surface area contributed by atoms with Crippen LogP contribution in [0.25, 0.3) is 0 Å². The SMILES string of the molecule is CC1(C)CC1NC(=O)C1=CCCC1. The van der Waals surface area contributed by atoms with Crippen molar-refractivity contribution in [2.45, 2.75) is 45.6 Å². The van der Waals surface area contributed by atoms with Crippen molar-refractivity contribution in [1.29, 1.82) is 0 Å². The van der Waals surface area contributed by atoms with Crippen LogP contribution in [0.15, 0.2) is 11.6 Å². The van der Waals surface area contributed by atoms with Gasteiger partial charge < -0.3 is 5.32 Å². The second kappa shape index (κ2) is 2.86. The summed E-state index contributed by atoms with van der Waals surface area (Å²) in [5.41, 5.74) is 1.34. The second-order valence-electron chi connectivity index (χ2n) is 4.84. The zero-order chi connectivity index (χ0) is 9.47. The topological polar surface area (TPSA) is 29.1 Å². The van der Waals surface area contributed by atoms with Crippen LogP contribution in [0.5, 0.6) is 0 Å². The minimum absolute atomic E-state index is 0.174. The van der Waals surface area contributed by atoms with Gasteiger partial charge in [-0.1, -0.05) is 19.9 Å². The molecule has 13 heavy (non-hydrogen) atoms. The number of carbonyl (C=O) groups excluding carboxylic acids is 1. The summed E-state index contributed by atoms with van der Waals surface area (Å²) in [6.07, 6.45) is 6.41. The molecule has 0 saturated heterocycles. The molecule has 0 aromatic carbocycles. The fraction of sp³-hybridized carbons (Fsp3) is 0.727. The highest BCUT2D eigenvalue weighted by atomic mass is 16.1. The number of rotatable bonds is 2. The van der Waals surface area contributed by atoms with Crippen molar-refractivity contribution in [3.05, 3.63) is 11.6 Å². The molecular weight excluding hydrogens is 162 g/mol. The first-order valence-corrected chi connectivity index (χ1v) is 5.09. The standard InChI is InChI=1S/C11H17NO/c1-11(2)7-9(11)12-10(13)8-5-3-4-6-8/h5,9H,3-4,6-7H2,1-2H3,(H,12,13). The first kappa shape index (κ1) is 8.79. The molecule has 0 aliphatic heterocycles. The summed E-state index contributed by atoms with van der Waals surface area (Å²) >= 11 is 0. The number of allylic oxidation sites excluding steroid dienone is 1. The van der Waals surface area contributed by atoms with Gasteiger partial charge in [0.05, 0.1) is 0 Å². The van der Waals surface area contributed by atoms with Gasteiger partial charge in [-0.25, -0.2) is 0 Å². The Kier molecular flexibility index (Phi) is 1.94. The summed E-state index contributed by atoms with van der Waals surface area (Å²) in [6.45, 7) is 4.39. The van der Waals surface area contributed by atoms with E-state index in [2.05, 4.69) is 25.2 Å². The van der Waals surface area contributed by atoms with E-state index in [4.69, 9.17) is 0 Å². The number of hydrogen-bond donors (Lipinski definition) is 1. The van der Waals surface area contributed by atoms with E-state index in [0.29, 0.717) is 11.5 Å². The van der Waals surface area contributed by atoms with Gasteiger partial charge in [-0.3, -0.25) is 4.79 Å². The van der Waals surface area contributed by atoms with E-state index >= 15 is 0 Å². The van der Waals surface area contributed by atoms with Gasteiger partial charge in [0, 0.05) is 11.6 Å². The molecule has 0 bridgehead atoms. The molecule has 2 heteroatoms. The highest BCUT2D eigenvalue weighted by Gasteiger charge is 2.46. The van der Waals surface area contributed by atoms with Gasteiger partial charge in [0.25, 0.3) is 0 Å². The Morgan fingerprint density at radius 1 is 1.62 bits per heavy atom. The van der Waals surface area contributed by atoms with Crippen LogP contribution >= 0.6 is 0 Å². The molecule has 2 aliphatic carbocycles. The second-order valence-corrected chi connectivity index (χ2v) is 4.84. The van der Waals surface area contributed by atoms with Crippen LogP contribution < -0.4 is 5.32 Å². The van der Waals surface area contributed by atoms with Crippen molar-refractivity contribution in [3.63, 3.8) is 0 Å². The third kappa shape index (κ3) is 1.77. The molecule has 0 heterocycles. The van der Waals surface area contributed by atoms with Crippen LogP contribution in [0.2, 0.25) is 0 Å². The predicted molar refractivity (Wildman–Crippen MR) is 52.3 cm³/mol. The molecule has 1 amide bonds. The van der Waals surface area contributed by atoms with Crippen LogP contribution in [0.3, 0.4) is 0 Å². The summed E-state index contributed by atoms with van der Waals surface area (Å²) in [5.74, 6) is 0.174. The van der Waals surface area contributed by atoms with E-state index < -0.39 is 0 Å². The van der Waals surface area contributed by atoms with E-state index in [9.17, 15) is 4.79 Å². The number of carbonyl (C=O) groups is 1. The lowest BCUT2D eigenvalue weighted by Gasteiger charge is -2.06. The van der Waals surface area contributed by atoms with Crippen LogP contribution in [0, 0.1) is 5.41 Å². The van der Waals surface area contributed by atoms with Gasteiger partial charge in [0.2, 0.25) is 5.91 Å². The van der Waals surface area contributed by atoms with E-state index in [0.717, 1.165) is 31.3 Å². The van der Waals surface area contributed by atoms with Gasteiger partial charge in [-0.15, -0.1) is 0 Å². The Morgan fingerprint density at radius 2 is 2.31 bits per heavy atom. The molecule has 0 spiro atoms. The molecule has 1 unspecified atom stereocenters. The molecular formula is C11H17NO. The van der Waals surface area contributed by atoms with Gasteiger partial charge in [0.15, 0.2) is 0 Å². The maximum atomic E-state index is 11.6. The normalized spacial score (nSPS) is 29.7. The monoisotopic (exact) mass is 179 g/mol. The molecule has 1 atom stereocenters. The van der Waals surface area contributed by atoms with Crippen molar-refractivity contribution < 1.29 is 4.79 Å². The third-order valence-corrected chi connectivity index (χ3v) is 3.15. The molecule has 0 aromatic heterocycles. The highest BCUT2D eigenvalue weighted by Crippen LogP contribution is 2.44. The minimum Gasteiger partial charge on any atom is -0.349 e. The summed E-state index contributed by atoms with van der Waals surface area (Å²) in [5, 5.41) is 3.08. The fourth-order valence-electron chi connectivity index (χ4n) is 1.84. The Labute approximate surface area is 79.4 Å². The largest absolute Gasteiger partial charge is 0.349 e. The number of nitrogens with one attached hydrogen (secondary N) is 1. The maximum absolute atomic E-state index is 11.6. The first-order chi connectivity index (χ1) is 6.09. The Morgan fingerprint density at radius 3 is 2.77 bits per heavy atom. The zero-order valence-electron chi connectivity index (χ0n) is 8.39. The number of amides is 1. The molecule has 1 saturated carbocycles. The molecule has 72 valence electrons. The predicted octanol–water partition coefficient (Wildman–Crippen LogP) is 2.01. The van der Waals surface area contributed by atoms with Crippen molar-refractivity contribution in [2.24, 2.45) is 5.41 Å². The average molecular weight is 179 g/mol. The van der Waals surface area contributed by atoms with Crippen LogP contribution in [0.4, 0.5) is 0 Å². The lowest BCUT2D eigenvalue weighted by Crippen LogP contribution is -2.29. The lowest BCUT2D eigenvalue weighted by atomic mass is 10.2. The molecule has 0 aromatic rings. The van der Waals surface area contributed by atoms with Crippen molar-refractivity contribution in [1.82, 2.24) is 5.32 Å². The minimum atomic E-state index is 0.174. The van der Waals surface area contributed by atoms with Crippen LogP contribution in [0.1, 0.15) is 39.5 Å². The summed E-state index contributed by atoms with van der Waals surface area (Å²) in [6, 6.07) is 0.418. The quantitative estimate of drug-likeness (QED) is 0.690. The van der Waals surface area contributed by atoms with E-state index in [1.807, 2.05) is 0 Å². The fourth-order valence-corrected chi connectivity index (χ4v) is 1.84. The maximum Gasteiger partial charge on any atom is 0.247 e. The van der Waals surface area contributed by atoms with Gasteiger partial charge in [-0.2, -0.15) is 0 Å². The average Bonchev–Trinajstić information content (AvgIpc) is 2.58. The highest BCUT2D eigenvalue weighted by molar-refractivity contribution is 5.94. The van der Waals surface area contributed by atoms with E-state index in [1.165, 1.54) is 0 Å². The molecule has 2 rings (SSSR count). The summed E-state index contributed by atoms with van der Waals surface area (Å²) in [7, 11) is 0. The Balaban J connectivity index is 1.86. The smallest absolute Gasteiger partial charge is 0.247 e. The van der Waals surface area contributed by atoms with Gasteiger partial charge in [-0.05, 0) is 31.1 Å². The Bertz CT molecular complexity index is 265. The van der Waals surface area contributed by atoms with E-state index in [1.54, 1.807) is 0 Å². The Hall–Kier alpha value is -0.790. The summed E-state index contributed by atoms with van der Waals surface area (Å²) < 4.78 is 0. The van der Waals surface area contributed by atoms with E-state index in [-0.39, 0.29) is 5.91 Å².